The average Bonchev–Trinajstić information content (AvgIpc) is 1.44. The molecule has 3 unspecified atom stereocenters. The number of hydrogen-bond acceptors (Lipinski definition) is 20. The molecule has 1 heterocycles. The van der Waals surface area contributed by atoms with Crippen molar-refractivity contribution >= 4 is 107 Å². The van der Waals surface area contributed by atoms with Gasteiger partial charge in [0.25, 0.3) is 9.63 Å². The van der Waals surface area contributed by atoms with Crippen molar-refractivity contribution in [2.75, 3.05) is 113 Å². The third kappa shape index (κ3) is 34.5. The van der Waals surface area contributed by atoms with E-state index in [2.05, 4.69) is 79.7 Å². The van der Waals surface area contributed by atoms with Crippen LogP contribution in [0.25, 0.3) is 0 Å². The smallest absolute Gasteiger partial charge is 0.410 e. The number of anilines is 1. The van der Waals surface area contributed by atoms with Gasteiger partial charge < -0.3 is 102 Å². The van der Waals surface area contributed by atoms with Crippen LogP contribution in [0, 0.1) is 29.6 Å². The van der Waals surface area contributed by atoms with Crippen molar-refractivity contribution in [1.29, 1.82) is 0 Å². The Hall–Kier alpha value is -7.64. The van der Waals surface area contributed by atoms with Crippen molar-refractivity contribution < 1.29 is 95.8 Å². The van der Waals surface area contributed by atoms with Gasteiger partial charge in [0.05, 0.1) is 95.0 Å². The molecule has 1 saturated heterocycles. The summed E-state index contributed by atoms with van der Waals surface area (Å²) < 4.78 is 39.8. The van der Waals surface area contributed by atoms with Crippen molar-refractivity contribution in [2.45, 2.75) is 194 Å². The molecule has 0 bridgehead atoms. The Morgan fingerprint density at radius 2 is 1.25 bits per heavy atom. The molecule has 1 aliphatic rings. The predicted octanol–water partition coefficient (Wildman–Crippen LogP) is 5.13. The lowest BCUT2D eigenvalue weighted by molar-refractivity contribution is -0.148. The SMILES string of the molecule is CC[C@H](C)[C@@H]([C@@H](CC(=O)N1CCC[C@H]1[C@H](OC)[C@@H](C)C(=O)N[C@H](C)[C@@H](O)c1ccccc1)OC)N(C)C(=O)C(NC(=O)C(C(C)C)N(C)C(=O)OCc1ccc(NC(=O)[C@@H](CCCNC(N)=O)NC(=O)C(NC(=O)COCCOCCOCCOCCNC(=O)CC[C@H](CNC(=O)Br)NC(=O)Br)C(C)C)cc1)C(C)C. The van der Waals surface area contributed by atoms with Crippen LogP contribution in [0.3, 0.4) is 0 Å². The molecule has 1 fully saturated rings. The van der Waals surface area contributed by atoms with Crippen LogP contribution in [-0.2, 0) is 78.1 Å². The molecule has 33 nitrogen and oxygen atoms in total. The second kappa shape index (κ2) is 51.8. The maximum Gasteiger partial charge on any atom is 0.410 e. The highest BCUT2D eigenvalue weighted by Crippen LogP contribution is 2.31. The van der Waals surface area contributed by atoms with Crippen molar-refractivity contribution in [3.8, 4) is 0 Å². The lowest BCUT2D eigenvalue weighted by Gasteiger charge is -2.41. The van der Waals surface area contributed by atoms with E-state index in [9.17, 15) is 62.6 Å². The minimum absolute atomic E-state index is 0.0524. The first-order chi connectivity index (χ1) is 52.2. The van der Waals surface area contributed by atoms with E-state index in [-0.39, 0.29) is 122 Å². The molecule has 0 saturated carbocycles. The van der Waals surface area contributed by atoms with Gasteiger partial charge in [-0.05, 0) is 86.0 Å². The number of hydrogen-bond donors (Lipinski definition) is 11. The number of ether oxygens (including phenoxy) is 7. The molecule has 2 aromatic rings. The molecule has 35 heteroatoms. The van der Waals surface area contributed by atoms with Crippen molar-refractivity contribution in [3.05, 3.63) is 65.7 Å². The Balaban J connectivity index is 1.55. The fourth-order valence-corrected chi connectivity index (χ4v) is 13.2. The minimum Gasteiger partial charge on any atom is -0.445 e. The van der Waals surface area contributed by atoms with Gasteiger partial charge in [0.1, 0.15) is 37.4 Å². The normalized spacial score (nSPS) is 16.1. The molecule has 0 aromatic heterocycles. The monoisotopic (exact) mass is 1680 g/mol. The zero-order valence-corrected chi connectivity index (χ0v) is 69.3. The Morgan fingerprint density at radius 1 is 0.636 bits per heavy atom. The summed E-state index contributed by atoms with van der Waals surface area (Å²) in [5, 5.41) is 35.4. The zero-order valence-electron chi connectivity index (χ0n) is 66.2. The summed E-state index contributed by atoms with van der Waals surface area (Å²) in [6, 6.07) is 8.05. The topological polar surface area (TPSA) is 434 Å². The molecule has 3 rings (SSSR count). The third-order valence-electron chi connectivity index (χ3n) is 19.0. The molecule has 0 radical (unpaired) electrons. The zero-order chi connectivity index (χ0) is 82.2. The number of likely N-dealkylation sites (tertiary alicyclic amines) is 1. The Labute approximate surface area is 663 Å². The second-order valence-corrected chi connectivity index (χ2v) is 29.8. The molecule has 12 N–H and O–H groups in total. The van der Waals surface area contributed by atoms with E-state index >= 15 is 0 Å². The van der Waals surface area contributed by atoms with Gasteiger partial charge in [-0.2, -0.15) is 0 Å². The molecule has 13 amide bonds. The first-order valence-electron chi connectivity index (χ1n) is 37.5. The average molecular weight is 1680 g/mol. The van der Waals surface area contributed by atoms with Crippen LogP contribution in [0.2, 0.25) is 0 Å². The van der Waals surface area contributed by atoms with Gasteiger partial charge in [0, 0.05) is 105 Å². The van der Waals surface area contributed by atoms with Crippen molar-refractivity contribution in [3.63, 3.8) is 0 Å². The molecule has 620 valence electrons. The number of amides is 13. The summed E-state index contributed by atoms with van der Waals surface area (Å²) in [6.07, 6.45) is -0.777. The number of methoxy groups -OCH3 is 2. The van der Waals surface area contributed by atoms with E-state index in [1.807, 2.05) is 32.0 Å². The number of nitrogens with zero attached hydrogens (tertiary/aromatic N) is 3. The van der Waals surface area contributed by atoms with Crippen LogP contribution >= 0.6 is 31.9 Å². The summed E-state index contributed by atoms with van der Waals surface area (Å²) in [7, 11) is 6.06. The molecule has 110 heavy (non-hydrogen) atoms. The first kappa shape index (κ1) is 96.6. The molecule has 1 aliphatic heterocycles. The summed E-state index contributed by atoms with van der Waals surface area (Å²) in [5.41, 5.74) is 6.76. The van der Waals surface area contributed by atoms with Crippen LogP contribution in [0.1, 0.15) is 138 Å². The number of carbonyl (C=O) groups is 12. The number of urea groups is 1. The Morgan fingerprint density at radius 3 is 1.82 bits per heavy atom. The molecular weight excluding hydrogens is 1560 g/mol. The number of benzene rings is 2. The number of aliphatic hydroxyl groups is 1. The lowest BCUT2D eigenvalue weighted by Crippen LogP contribution is -2.60. The van der Waals surface area contributed by atoms with Crippen LogP contribution in [-0.4, -0.2) is 257 Å². The van der Waals surface area contributed by atoms with Gasteiger partial charge in [-0.1, -0.05) is 111 Å². The number of likely N-dealkylation sites (N-methyl/N-ethyl adjacent to an activating group) is 2. The third-order valence-corrected chi connectivity index (χ3v) is 19.5. The maximum atomic E-state index is 14.9. The highest BCUT2D eigenvalue weighted by molar-refractivity contribution is 9.18. The van der Waals surface area contributed by atoms with Gasteiger partial charge in [-0.25, -0.2) is 9.59 Å². The first-order valence-corrected chi connectivity index (χ1v) is 39.1. The number of rotatable bonds is 52. The highest BCUT2D eigenvalue weighted by atomic mass is 79.9. The number of primary amides is 1. The predicted molar refractivity (Wildman–Crippen MR) is 418 cm³/mol. The van der Waals surface area contributed by atoms with E-state index in [1.54, 1.807) is 109 Å². The van der Waals surface area contributed by atoms with Crippen molar-refractivity contribution in [2.24, 2.45) is 35.3 Å². The standard InChI is InChI=1S/C75H121Br2N13O20/c1-15-48(8)64(57(104-13)41-60(93)90-33-20-24-56(90)66(105-14)49(9)67(95)82-50(10)65(94)52-21-17-16-18-22-52)88(11)71(99)62(46(4)5)87-70(98)63(47(6)7)89(12)75(103)110-43-51-25-27-53(28-26-51)83-68(96)55(23-19-31-80-74(78)102)85-69(97)61(45(2)3)86-59(92)44-109-40-39-108-38-37-107-36-35-106-34-32-79-58(91)30-29-54(84-73(77)101)42-81-72(76)100/h16-18,21-22,25-28,45-50,54-57,61-66,94H,15,19-20,23-24,29-44H2,1-14H3,(H,79,91)(H,81,100)(H,82,95)(H,83,96)(H,84,101)(H,85,97)(H,86,92)(H,87,98)(H3,78,80,102)/t48-,49+,50+,54+,55+,56-,57+,61?,62?,63?,64-,65+,66+/m0/s1. The van der Waals surface area contributed by atoms with E-state index < -0.39 is 148 Å². The van der Waals surface area contributed by atoms with Gasteiger partial charge in [-0.15, -0.1) is 0 Å². The Kier molecular flexibility index (Phi) is 45.5. The number of carbonyl (C=O) groups excluding carboxylic acids is 12. The maximum absolute atomic E-state index is 14.9. The molecule has 2 aromatic carbocycles. The molecular formula is C75H121Br2N13O20. The van der Waals surface area contributed by atoms with Gasteiger partial charge in [0.15, 0.2) is 0 Å². The summed E-state index contributed by atoms with van der Waals surface area (Å²) in [4.78, 5) is 162. The van der Waals surface area contributed by atoms with Crippen LogP contribution in [0.15, 0.2) is 54.6 Å². The number of nitrogens with one attached hydrogen (secondary N) is 9. The van der Waals surface area contributed by atoms with Crippen LogP contribution in [0.5, 0.6) is 0 Å². The van der Waals surface area contributed by atoms with E-state index in [1.165, 1.54) is 26.2 Å². The highest BCUT2D eigenvalue weighted by Gasteiger charge is 2.44. The molecule has 13 atom stereocenters. The second-order valence-electron chi connectivity index (χ2n) is 28.3. The van der Waals surface area contributed by atoms with E-state index in [4.69, 9.17) is 38.9 Å². The quantitative estimate of drug-likeness (QED) is 0.0232. The fourth-order valence-electron chi connectivity index (χ4n) is 12.7. The summed E-state index contributed by atoms with van der Waals surface area (Å²) >= 11 is 5.54. The number of halogens is 2. The van der Waals surface area contributed by atoms with Gasteiger partial charge in [0.2, 0.25) is 47.3 Å². The van der Waals surface area contributed by atoms with E-state index in [0.717, 1.165) is 0 Å². The fraction of sp³-hybridized carbons (Fsp3) is 0.680. The van der Waals surface area contributed by atoms with Crippen LogP contribution < -0.4 is 53.6 Å². The Bertz CT molecular complexity index is 3200. The number of nitrogens with two attached hydrogens (primary N) is 1. The summed E-state index contributed by atoms with van der Waals surface area (Å²) in [6.45, 7) is 19.7. The molecule has 0 spiro atoms. The largest absolute Gasteiger partial charge is 0.445 e. The number of aliphatic hydroxyl groups excluding tert-OH is 1. The van der Waals surface area contributed by atoms with Crippen molar-refractivity contribution in [1.82, 2.24) is 57.2 Å². The van der Waals surface area contributed by atoms with Gasteiger partial charge >= 0.3 is 12.1 Å². The minimum atomic E-state index is -1.15. The van der Waals surface area contributed by atoms with Gasteiger partial charge in [-0.3, -0.25) is 52.8 Å². The van der Waals surface area contributed by atoms with Crippen LogP contribution in [0.4, 0.5) is 24.9 Å². The van der Waals surface area contributed by atoms with E-state index in [0.29, 0.717) is 49.0 Å². The molecule has 0 aliphatic carbocycles. The summed E-state index contributed by atoms with van der Waals surface area (Å²) in [5.74, 6) is -5.92. The lowest BCUT2D eigenvalue weighted by atomic mass is 9.89.